The Bertz CT molecular complexity index is 214. The molecule has 0 fully saturated rings. The van der Waals surface area contributed by atoms with E-state index in [1.165, 1.54) is 6.92 Å². The Balaban J connectivity index is 3.71. The monoisotopic (exact) mass is 172 g/mol. The van der Waals surface area contributed by atoms with Crippen molar-refractivity contribution in [3.05, 3.63) is 0 Å². The molecule has 1 N–H and O–H groups in total. The van der Waals surface area contributed by atoms with Gasteiger partial charge in [0, 0.05) is 0 Å². The first-order valence-corrected chi connectivity index (χ1v) is 3.07. The topological polar surface area (TPSA) is 72.8 Å². The molecule has 0 aliphatic rings. The number of aliphatic carboxylic acids is 1. The van der Waals surface area contributed by atoms with Crippen molar-refractivity contribution >= 4 is 12.1 Å². The first-order valence-electron chi connectivity index (χ1n) is 3.07. The van der Waals surface area contributed by atoms with Crippen LogP contribution >= 0.6 is 0 Å². The van der Waals surface area contributed by atoms with E-state index in [4.69, 9.17) is 11.5 Å². The van der Waals surface area contributed by atoms with E-state index in [1.54, 1.807) is 0 Å². The maximum absolute atomic E-state index is 10.5. The first-order chi connectivity index (χ1) is 5.57. The van der Waals surface area contributed by atoms with Gasteiger partial charge in [0.1, 0.15) is 0 Å². The number of rotatable bonds is 3. The molecule has 0 radical (unpaired) electrons. The third-order valence-electron chi connectivity index (χ3n) is 0.894. The molecule has 0 saturated carbocycles. The Kier molecular flexibility index (Phi) is 4.31. The van der Waals surface area contributed by atoms with E-state index in [0.29, 0.717) is 0 Å². The lowest BCUT2D eigenvalue weighted by Gasteiger charge is -2.06. The lowest BCUT2D eigenvalue weighted by molar-refractivity contribution is -0.147. The van der Waals surface area contributed by atoms with E-state index in [9.17, 15) is 9.59 Å². The summed E-state index contributed by atoms with van der Waals surface area (Å²) in [5.41, 5.74) is 0. The maximum atomic E-state index is 10.5. The summed E-state index contributed by atoms with van der Waals surface area (Å²) in [7, 11) is 0. The van der Waals surface area contributed by atoms with Crippen LogP contribution in [0.2, 0.25) is 0 Å². The molecule has 0 aliphatic heterocycles. The maximum Gasteiger partial charge on any atom is 0.510 e. The highest BCUT2D eigenvalue weighted by atomic mass is 16.7. The Hall–Kier alpha value is -1.70. The van der Waals surface area contributed by atoms with Crippen LogP contribution in [0.4, 0.5) is 4.79 Å². The van der Waals surface area contributed by atoms with Crippen LogP contribution in [0.25, 0.3) is 0 Å². The first kappa shape index (κ1) is 10.3. The van der Waals surface area contributed by atoms with Crippen LogP contribution in [0.3, 0.4) is 0 Å². The molecule has 0 heterocycles. The molecule has 0 amide bonds. The van der Waals surface area contributed by atoms with Crippen LogP contribution in [-0.2, 0) is 14.3 Å². The molecule has 0 saturated heterocycles. The Labute approximate surface area is 69.3 Å². The van der Waals surface area contributed by atoms with Crippen molar-refractivity contribution in [3.8, 4) is 12.3 Å². The highest BCUT2D eigenvalue weighted by Gasteiger charge is 2.16. The van der Waals surface area contributed by atoms with Gasteiger partial charge in [0.05, 0.1) is 0 Å². The van der Waals surface area contributed by atoms with Crippen LogP contribution in [0, 0.1) is 12.3 Å². The second kappa shape index (κ2) is 5.02. The average Bonchev–Trinajstić information content (AvgIpc) is 2.00. The van der Waals surface area contributed by atoms with E-state index in [0.717, 1.165) is 0 Å². The van der Waals surface area contributed by atoms with E-state index in [1.807, 2.05) is 5.92 Å². The van der Waals surface area contributed by atoms with Gasteiger partial charge in [0.25, 0.3) is 0 Å². The minimum atomic E-state index is -1.24. The van der Waals surface area contributed by atoms with Crippen molar-refractivity contribution in [2.75, 3.05) is 6.61 Å². The second-order valence-corrected chi connectivity index (χ2v) is 1.84. The molecule has 5 heteroatoms. The van der Waals surface area contributed by atoms with Crippen molar-refractivity contribution in [1.29, 1.82) is 0 Å². The summed E-state index contributed by atoms with van der Waals surface area (Å²) in [5, 5.41) is 8.28. The van der Waals surface area contributed by atoms with Crippen LogP contribution in [0.1, 0.15) is 6.92 Å². The second-order valence-electron chi connectivity index (χ2n) is 1.84. The van der Waals surface area contributed by atoms with Gasteiger partial charge in [0.15, 0.2) is 12.7 Å². The Morgan fingerprint density at radius 1 is 1.67 bits per heavy atom. The van der Waals surface area contributed by atoms with Gasteiger partial charge in [-0.15, -0.1) is 6.42 Å². The van der Waals surface area contributed by atoms with Gasteiger partial charge in [-0.2, -0.15) is 0 Å². The van der Waals surface area contributed by atoms with Crippen molar-refractivity contribution in [3.63, 3.8) is 0 Å². The fourth-order valence-electron chi connectivity index (χ4n) is 0.329. The van der Waals surface area contributed by atoms with E-state index >= 15 is 0 Å². The zero-order valence-corrected chi connectivity index (χ0v) is 6.44. The fourth-order valence-corrected chi connectivity index (χ4v) is 0.329. The van der Waals surface area contributed by atoms with Crippen molar-refractivity contribution in [2.45, 2.75) is 13.0 Å². The third kappa shape index (κ3) is 4.17. The molecular formula is C7H8O5. The summed E-state index contributed by atoms with van der Waals surface area (Å²) in [4.78, 5) is 20.6. The smallest absolute Gasteiger partial charge is 0.479 e. The third-order valence-corrected chi connectivity index (χ3v) is 0.894. The quantitative estimate of drug-likeness (QED) is 0.487. The van der Waals surface area contributed by atoms with E-state index in [2.05, 4.69) is 9.47 Å². The van der Waals surface area contributed by atoms with Crippen molar-refractivity contribution in [2.24, 2.45) is 0 Å². The Morgan fingerprint density at radius 3 is 2.67 bits per heavy atom. The number of ether oxygens (including phenoxy) is 2. The molecule has 0 aromatic rings. The summed E-state index contributed by atoms with van der Waals surface area (Å²) >= 11 is 0. The molecule has 0 bridgehead atoms. The van der Waals surface area contributed by atoms with Crippen LogP contribution in [0.5, 0.6) is 0 Å². The molecule has 12 heavy (non-hydrogen) atoms. The molecule has 0 aliphatic carbocycles. The van der Waals surface area contributed by atoms with Crippen LogP contribution in [-0.4, -0.2) is 29.9 Å². The molecule has 0 aromatic heterocycles. The number of carboxylic acids is 1. The van der Waals surface area contributed by atoms with Gasteiger partial charge >= 0.3 is 12.1 Å². The zero-order valence-electron chi connectivity index (χ0n) is 6.44. The van der Waals surface area contributed by atoms with Crippen molar-refractivity contribution in [1.82, 2.24) is 0 Å². The van der Waals surface area contributed by atoms with Gasteiger partial charge in [0.2, 0.25) is 0 Å². The van der Waals surface area contributed by atoms with Gasteiger partial charge < -0.3 is 14.6 Å². The highest BCUT2D eigenvalue weighted by Crippen LogP contribution is 1.93. The number of carbonyl (C=O) groups is 2. The van der Waals surface area contributed by atoms with E-state index < -0.39 is 18.2 Å². The molecule has 0 aromatic carbocycles. The zero-order chi connectivity index (χ0) is 9.56. The Morgan fingerprint density at radius 2 is 2.25 bits per heavy atom. The number of terminal acetylenes is 1. The molecular weight excluding hydrogens is 164 g/mol. The van der Waals surface area contributed by atoms with Gasteiger partial charge in [-0.05, 0) is 6.92 Å². The lowest BCUT2D eigenvalue weighted by Crippen LogP contribution is -2.24. The SMILES string of the molecule is C#CCOC(=O)OC(C)C(=O)O. The van der Waals surface area contributed by atoms with Gasteiger partial charge in [-0.1, -0.05) is 5.92 Å². The summed E-state index contributed by atoms with van der Waals surface area (Å²) in [6.45, 7) is 0.977. The minimum Gasteiger partial charge on any atom is -0.479 e. The molecule has 1 unspecified atom stereocenters. The van der Waals surface area contributed by atoms with Gasteiger partial charge in [-0.3, -0.25) is 0 Å². The summed E-state index contributed by atoms with van der Waals surface area (Å²) in [5.74, 6) is 0.788. The molecule has 66 valence electrons. The number of carboxylic acid groups (broad SMARTS) is 1. The van der Waals surface area contributed by atoms with E-state index in [-0.39, 0.29) is 6.61 Å². The van der Waals surface area contributed by atoms with Crippen molar-refractivity contribution < 1.29 is 24.2 Å². The fraction of sp³-hybridized carbons (Fsp3) is 0.429. The van der Waals surface area contributed by atoms with Crippen LogP contribution < -0.4 is 0 Å². The normalized spacial score (nSPS) is 11.0. The highest BCUT2D eigenvalue weighted by molar-refractivity contribution is 5.75. The summed E-state index contributed by atoms with van der Waals surface area (Å²) in [6.07, 6.45) is 2.46. The average molecular weight is 172 g/mol. The molecule has 0 rings (SSSR count). The summed E-state index contributed by atoms with van der Waals surface area (Å²) < 4.78 is 8.51. The van der Waals surface area contributed by atoms with Gasteiger partial charge in [-0.25, -0.2) is 9.59 Å². The number of hydrogen-bond donors (Lipinski definition) is 1. The predicted octanol–water partition coefficient (Wildman–Crippen LogP) is 0.246. The molecule has 5 nitrogen and oxygen atoms in total. The molecule has 0 spiro atoms. The number of carbonyl (C=O) groups excluding carboxylic acids is 1. The standard InChI is InChI=1S/C7H8O5/c1-3-4-11-7(10)12-5(2)6(8)9/h1,5H,4H2,2H3,(H,8,9). The largest absolute Gasteiger partial charge is 0.510 e. The molecule has 1 atom stereocenters. The minimum absolute atomic E-state index is 0.231. The number of hydrogen-bond acceptors (Lipinski definition) is 4. The van der Waals surface area contributed by atoms with Crippen LogP contribution in [0.15, 0.2) is 0 Å². The predicted molar refractivity (Wildman–Crippen MR) is 38.4 cm³/mol. The lowest BCUT2D eigenvalue weighted by atomic mass is 10.4. The summed E-state index contributed by atoms with van der Waals surface area (Å²) in [6, 6.07) is 0.